The van der Waals surface area contributed by atoms with Gasteiger partial charge in [0.1, 0.15) is 11.6 Å². The number of nitrogens with zero attached hydrogens (tertiary/aromatic N) is 3. The molecule has 2 rings (SSSR count). The Morgan fingerprint density at radius 1 is 1.40 bits per heavy atom. The van der Waals surface area contributed by atoms with Gasteiger partial charge in [-0.2, -0.15) is 5.10 Å². The van der Waals surface area contributed by atoms with Gasteiger partial charge in [0.25, 0.3) is 0 Å². The molecule has 0 aliphatic rings. The summed E-state index contributed by atoms with van der Waals surface area (Å²) in [6.45, 7) is 3.21. The van der Waals surface area contributed by atoms with E-state index in [-0.39, 0.29) is 5.82 Å². The van der Waals surface area contributed by atoms with Crippen LogP contribution in [0.15, 0.2) is 24.3 Å². The smallest absolute Gasteiger partial charge is 0.130 e. The maximum atomic E-state index is 13.3. The second kappa shape index (κ2) is 6.05. The summed E-state index contributed by atoms with van der Waals surface area (Å²) in [7, 11) is 3.91. The van der Waals surface area contributed by atoms with E-state index in [0.717, 1.165) is 29.1 Å². The fraction of sp³-hybridized carbons (Fsp3) is 0.400. The van der Waals surface area contributed by atoms with Gasteiger partial charge >= 0.3 is 0 Å². The Labute approximate surface area is 119 Å². The normalized spacial score (nSPS) is 10.8. The molecule has 1 aromatic heterocycles. The molecule has 0 saturated carbocycles. The Hall–Kier alpha value is -1.88. The molecule has 4 nitrogen and oxygen atoms in total. The Bertz CT molecular complexity index is 592. The zero-order valence-electron chi connectivity index (χ0n) is 12.2. The molecule has 0 radical (unpaired) electrons. The molecule has 0 saturated heterocycles. The highest BCUT2D eigenvalue weighted by atomic mass is 19.1. The summed E-state index contributed by atoms with van der Waals surface area (Å²) in [5.41, 5.74) is 8.77. The van der Waals surface area contributed by atoms with Gasteiger partial charge in [0.05, 0.1) is 5.69 Å². The summed E-state index contributed by atoms with van der Waals surface area (Å²) in [4.78, 5) is 2.08. The van der Waals surface area contributed by atoms with E-state index in [9.17, 15) is 4.39 Å². The van der Waals surface area contributed by atoms with Crippen molar-refractivity contribution in [1.82, 2.24) is 9.78 Å². The van der Waals surface area contributed by atoms with E-state index in [1.54, 1.807) is 12.1 Å². The van der Waals surface area contributed by atoms with Crippen molar-refractivity contribution in [2.24, 2.45) is 12.8 Å². The topological polar surface area (TPSA) is 47.1 Å². The van der Waals surface area contributed by atoms with Gasteiger partial charge in [-0.25, -0.2) is 4.39 Å². The van der Waals surface area contributed by atoms with Gasteiger partial charge in [-0.1, -0.05) is 12.1 Å². The molecule has 20 heavy (non-hydrogen) atoms. The van der Waals surface area contributed by atoms with Gasteiger partial charge in [0, 0.05) is 26.2 Å². The fourth-order valence-electron chi connectivity index (χ4n) is 2.59. The summed E-state index contributed by atoms with van der Waals surface area (Å²) >= 11 is 0. The summed E-state index contributed by atoms with van der Waals surface area (Å²) in [6.07, 6.45) is 0.794. The molecular weight excluding hydrogens is 255 g/mol. The summed E-state index contributed by atoms with van der Waals surface area (Å²) in [5, 5.41) is 4.46. The van der Waals surface area contributed by atoms with Crippen LogP contribution in [0.3, 0.4) is 0 Å². The first-order chi connectivity index (χ1) is 9.52. The third kappa shape index (κ3) is 2.99. The average Bonchev–Trinajstić information content (AvgIpc) is 2.65. The van der Waals surface area contributed by atoms with Crippen molar-refractivity contribution in [1.29, 1.82) is 0 Å². The largest absolute Gasteiger partial charge is 0.355 e. The van der Waals surface area contributed by atoms with Crippen molar-refractivity contribution < 1.29 is 4.39 Å². The molecule has 5 heteroatoms. The lowest BCUT2D eigenvalue weighted by molar-refractivity contribution is 0.624. The number of halogens is 1. The van der Waals surface area contributed by atoms with Gasteiger partial charge in [0.2, 0.25) is 0 Å². The Morgan fingerprint density at radius 3 is 2.80 bits per heavy atom. The van der Waals surface area contributed by atoms with E-state index < -0.39 is 0 Å². The van der Waals surface area contributed by atoms with Crippen LogP contribution in [0.1, 0.15) is 16.8 Å². The van der Waals surface area contributed by atoms with E-state index in [4.69, 9.17) is 5.73 Å². The van der Waals surface area contributed by atoms with Crippen molar-refractivity contribution in [3.8, 4) is 0 Å². The maximum absolute atomic E-state index is 13.3. The van der Waals surface area contributed by atoms with E-state index in [0.29, 0.717) is 13.1 Å². The predicted octanol–water partition coefficient (Wildman–Crippen LogP) is 2.01. The number of hydrogen-bond donors (Lipinski definition) is 1. The molecule has 0 amide bonds. The van der Waals surface area contributed by atoms with Crippen molar-refractivity contribution in [3.05, 3.63) is 46.9 Å². The number of anilines is 1. The van der Waals surface area contributed by atoms with Gasteiger partial charge < -0.3 is 10.6 Å². The molecule has 108 valence electrons. The fourth-order valence-corrected chi connectivity index (χ4v) is 2.59. The predicted molar refractivity (Wildman–Crippen MR) is 79.2 cm³/mol. The average molecular weight is 276 g/mol. The molecule has 0 unspecified atom stereocenters. The van der Waals surface area contributed by atoms with Crippen molar-refractivity contribution >= 4 is 5.82 Å². The molecule has 2 aromatic rings. The van der Waals surface area contributed by atoms with Crippen LogP contribution in [-0.4, -0.2) is 23.4 Å². The molecule has 1 heterocycles. The Kier molecular flexibility index (Phi) is 4.39. The summed E-state index contributed by atoms with van der Waals surface area (Å²) in [6, 6.07) is 6.67. The maximum Gasteiger partial charge on any atom is 0.130 e. The molecule has 0 spiro atoms. The lowest BCUT2D eigenvalue weighted by Crippen LogP contribution is -2.21. The van der Waals surface area contributed by atoms with Gasteiger partial charge in [-0.05, 0) is 37.6 Å². The van der Waals surface area contributed by atoms with Gasteiger partial charge in [0.15, 0.2) is 0 Å². The SMILES string of the molecule is Cc1nn(C)c(N(C)Cc2cccc(F)c2)c1CCN. The van der Waals surface area contributed by atoms with Crippen LogP contribution >= 0.6 is 0 Å². The number of nitrogens with two attached hydrogens (primary N) is 1. The van der Waals surface area contributed by atoms with Crippen LogP contribution in [-0.2, 0) is 20.0 Å². The van der Waals surface area contributed by atoms with Crippen LogP contribution in [0, 0.1) is 12.7 Å². The molecule has 0 fully saturated rings. The van der Waals surface area contributed by atoms with Crippen LogP contribution in [0.25, 0.3) is 0 Å². The van der Waals surface area contributed by atoms with Crippen LogP contribution in [0.5, 0.6) is 0 Å². The molecule has 0 atom stereocenters. The minimum absolute atomic E-state index is 0.209. The number of aryl methyl sites for hydroxylation is 2. The monoisotopic (exact) mass is 276 g/mol. The first kappa shape index (κ1) is 14.5. The van der Waals surface area contributed by atoms with Crippen molar-refractivity contribution in [3.63, 3.8) is 0 Å². The molecule has 1 aromatic carbocycles. The highest BCUT2D eigenvalue weighted by Crippen LogP contribution is 2.24. The van der Waals surface area contributed by atoms with Crippen LogP contribution in [0.4, 0.5) is 10.2 Å². The van der Waals surface area contributed by atoms with Gasteiger partial charge in [-0.15, -0.1) is 0 Å². The quantitative estimate of drug-likeness (QED) is 0.908. The van der Waals surface area contributed by atoms with E-state index in [1.165, 1.54) is 6.07 Å². The molecule has 2 N–H and O–H groups in total. The first-order valence-electron chi connectivity index (χ1n) is 6.71. The number of aromatic nitrogens is 2. The lowest BCUT2D eigenvalue weighted by Gasteiger charge is -2.21. The minimum atomic E-state index is -0.209. The molecule has 0 aliphatic heterocycles. The summed E-state index contributed by atoms with van der Waals surface area (Å²) < 4.78 is 15.1. The zero-order valence-corrected chi connectivity index (χ0v) is 12.2. The second-order valence-corrected chi connectivity index (χ2v) is 5.04. The zero-order chi connectivity index (χ0) is 14.7. The van der Waals surface area contributed by atoms with Crippen molar-refractivity contribution in [2.75, 3.05) is 18.5 Å². The minimum Gasteiger partial charge on any atom is -0.355 e. The highest BCUT2D eigenvalue weighted by Gasteiger charge is 2.16. The first-order valence-corrected chi connectivity index (χ1v) is 6.71. The van der Waals surface area contributed by atoms with Gasteiger partial charge in [-0.3, -0.25) is 4.68 Å². The Morgan fingerprint density at radius 2 is 2.15 bits per heavy atom. The number of hydrogen-bond acceptors (Lipinski definition) is 3. The van der Waals surface area contributed by atoms with E-state index in [1.807, 2.05) is 31.8 Å². The summed E-state index contributed by atoms with van der Waals surface area (Å²) in [5.74, 6) is 0.830. The number of rotatable bonds is 5. The van der Waals surface area contributed by atoms with Crippen molar-refractivity contribution in [2.45, 2.75) is 19.9 Å². The van der Waals surface area contributed by atoms with E-state index in [2.05, 4.69) is 10.00 Å². The third-order valence-corrected chi connectivity index (χ3v) is 3.38. The lowest BCUT2D eigenvalue weighted by atomic mass is 10.1. The van der Waals surface area contributed by atoms with E-state index >= 15 is 0 Å². The van der Waals surface area contributed by atoms with Crippen LogP contribution in [0.2, 0.25) is 0 Å². The molecule has 0 bridgehead atoms. The highest BCUT2D eigenvalue weighted by molar-refractivity contribution is 5.50. The standard InChI is InChI=1S/C15H21FN4/c1-11-14(7-8-17)15(20(3)18-11)19(2)10-12-5-4-6-13(16)9-12/h4-6,9H,7-8,10,17H2,1-3H3. The third-order valence-electron chi connectivity index (χ3n) is 3.38. The second-order valence-electron chi connectivity index (χ2n) is 5.04. The number of benzene rings is 1. The van der Waals surface area contributed by atoms with Crippen LogP contribution < -0.4 is 10.6 Å². The Balaban J connectivity index is 2.27. The molecular formula is C15H21FN4. The molecule has 0 aliphatic carbocycles.